The van der Waals surface area contributed by atoms with Crippen molar-refractivity contribution >= 4 is 23.9 Å². The molecule has 0 aliphatic heterocycles. The van der Waals surface area contributed by atoms with Crippen molar-refractivity contribution in [2.75, 3.05) is 20.7 Å². The molecule has 0 atom stereocenters. The molecule has 214 valence electrons. The van der Waals surface area contributed by atoms with Crippen LogP contribution in [0.25, 0.3) is 0 Å². The van der Waals surface area contributed by atoms with Gasteiger partial charge in [0.05, 0.1) is 18.2 Å². The lowest BCUT2D eigenvalue weighted by molar-refractivity contribution is -0.145. The Labute approximate surface area is 237 Å². The van der Waals surface area contributed by atoms with Crippen LogP contribution in [0.5, 0.6) is 17.2 Å². The van der Waals surface area contributed by atoms with Gasteiger partial charge in [-0.1, -0.05) is 19.2 Å². The van der Waals surface area contributed by atoms with Crippen LogP contribution in [-0.2, 0) is 23.8 Å². The Morgan fingerprint density at radius 1 is 0.634 bits per heavy atom. The summed E-state index contributed by atoms with van der Waals surface area (Å²) in [7, 11) is 1.31. The Morgan fingerprint density at radius 2 is 1.07 bits per heavy atom. The number of carbonyl (C=O) groups is 4. The summed E-state index contributed by atoms with van der Waals surface area (Å²) in [6.07, 6.45) is 2.10. The van der Waals surface area contributed by atoms with Crippen LogP contribution < -0.4 is 14.2 Å². The van der Waals surface area contributed by atoms with Gasteiger partial charge in [0.15, 0.2) is 0 Å². The van der Waals surface area contributed by atoms with Gasteiger partial charge >= 0.3 is 23.9 Å². The Morgan fingerprint density at radius 3 is 1.49 bits per heavy atom. The second-order valence-electron chi connectivity index (χ2n) is 8.04. The first-order valence-electron chi connectivity index (χ1n) is 12.1. The highest BCUT2D eigenvalue weighted by molar-refractivity contribution is 5.91. The molecule has 10 heteroatoms. The Bertz CT molecular complexity index is 1360. The molecule has 0 spiro atoms. The van der Waals surface area contributed by atoms with Crippen LogP contribution in [-0.4, -0.2) is 44.6 Å². The molecule has 0 amide bonds. The normalized spacial score (nSPS) is 9.63. The van der Waals surface area contributed by atoms with Crippen LogP contribution in [0.1, 0.15) is 31.8 Å². The number of aryl methyl sites for hydroxylation is 2. The van der Waals surface area contributed by atoms with Crippen molar-refractivity contribution in [2.45, 2.75) is 13.8 Å². The topological polar surface area (TPSA) is 124 Å². The first-order valence-corrected chi connectivity index (χ1v) is 12.1. The molecule has 0 saturated carbocycles. The molecular weight excluding hydrogens is 532 g/mol. The molecule has 0 heterocycles. The number of methoxy groups -OCH3 is 1. The van der Waals surface area contributed by atoms with E-state index in [4.69, 9.17) is 18.9 Å². The van der Waals surface area contributed by atoms with Gasteiger partial charge in [0.1, 0.15) is 17.2 Å². The number of hydrogen-bond acceptors (Lipinski definition) is 10. The van der Waals surface area contributed by atoms with E-state index in [9.17, 15) is 19.2 Å². The molecule has 0 aromatic heterocycles. The average Bonchev–Trinajstić information content (AvgIpc) is 2.99. The lowest BCUT2D eigenvalue weighted by atomic mass is 10.1. The number of hydrogen-bond donors (Lipinski definition) is 0. The highest BCUT2D eigenvalue weighted by Gasteiger charge is 2.10. The van der Waals surface area contributed by atoms with E-state index in [0.29, 0.717) is 28.4 Å². The summed E-state index contributed by atoms with van der Waals surface area (Å²) in [6.45, 7) is 10.0. The Hall–Kier alpha value is -5.38. The van der Waals surface area contributed by atoms with E-state index in [1.54, 1.807) is 54.6 Å². The van der Waals surface area contributed by atoms with Gasteiger partial charge in [0.25, 0.3) is 0 Å². The lowest BCUT2D eigenvalue weighted by Gasteiger charge is -2.08. The molecule has 0 aliphatic carbocycles. The minimum absolute atomic E-state index is 0.206. The summed E-state index contributed by atoms with van der Waals surface area (Å²) in [6, 6.07) is 18.1. The van der Waals surface area contributed by atoms with Crippen LogP contribution in [0.4, 0.5) is 0 Å². The zero-order valence-electron chi connectivity index (χ0n) is 22.9. The number of ether oxygens (including phenoxy) is 6. The second-order valence-corrected chi connectivity index (χ2v) is 8.04. The van der Waals surface area contributed by atoms with Gasteiger partial charge in [-0.25, -0.2) is 19.2 Å². The number of carbonyl (C=O) groups excluding carboxylic acids is 4. The monoisotopic (exact) mass is 562 g/mol. The summed E-state index contributed by atoms with van der Waals surface area (Å²) >= 11 is 0. The van der Waals surface area contributed by atoms with Gasteiger partial charge in [-0.3, -0.25) is 0 Å². The fourth-order valence-corrected chi connectivity index (χ4v) is 2.86. The molecule has 3 rings (SSSR count). The first-order chi connectivity index (χ1) is 19.7. The number of esters is 4. The molecule has 0 radical (unpaired) electrons. The number of benzene rings is 3. The highest BCUT2D eigenvalue weighted by Crippen LogP contribution is 2.19. The van der Waals surface area contributed by atoms with Crippen molar-refractivity contribution in [2.24, 2.45) is 0 Å². The van der Waals surface area contributed by atoms with Crippen LogP contribution in [0, 0.1) is 13.8 Å². The van der Waals surface area contributed by atoms with E-state index in [-0.39, 0.29) is 13.6 Å². The molecule has 41 heavy (non-hydrogen) atoms. The van der Waals surface area contributed by atoms with E-state index in [1.165, 1.54) is 7.11 Å². The average molecular weight is 563 g/mol. The third kappa shape index (κ3) is 11.1. The molecule has 0 saturated heterocycles. The third-order valence-electron chi connectivity index (χ3n) is 5.24. The van der Waals surface area contributed by atoms with Gasteiger partial charge in [0.2, 0.25) is 13.6 Å². The Balaban J connectivity index is 0.000000305. The van der Waals surface area contributed by atoms with Crippen LogP contribution >= 0.6 is 0 Å². The van der Waals surface area contributed by atoms with Crippen molar-refractivity contribution in [3.63, 3.8) is 0 Å². The molecule has 3 aromatic carbocycles. The summed E-state index contributed by atoms with van der Waals surface area (Å²) in [5.41, 5.74) is 3.00. The summed E-state index contributed by atoms with van der Waals surface area (Å²) in [5, 5.41) is 0. The maximum Gasteiger partial charge on any atom is 0.343 e. The van der Waals surface area contributed by atoms with Crippen molar-refractivity contribution in [1.82, 2.24) is 0 Å². The predicted octanol–water partition coefficient (Wildman–Crippen LogP) is 5.13. The Kier molecular flexibility index (Phi) is 12.9. The first kappa shape index (κ1) is 31.8. The van der Waals surface area contributed by atoms with Gasteiger partial charge in [-0.2, -0.15) is 0 Å². The molecule has 0 aliphatic rings. The molecular formula is C31H30O10. The zero-order valence-corrected chi connectivity index (χ0v) is 22.9. The lowest BCUT2D eigenvalue weighted by Crippen LogP contribution is -2.09. The quantitative estimate of drug-likeness (QED) is 0.102. The standard InChI is InChI=1S/C19H18O5.C12H12O5/c1-4-18(20)23-12-22-16-9-6-15(7-10-16)19(21)24-17-8-5-13(2)14(3)11-17;1-3-11(13)17-8-16-10-6-4-9(5-7-10)12(14)15-2/h4-11H,1,12H2,2-3H3;3-7H,1,8H2,2H3. The largest absolute Gasteiger partial charge is 0.465 e. The van der Waals surface area contributed by atoms with Gasteiger partial charge in [0, 0.05) is 12.2 Å². The summed E-state index contributed by atoms with van der Waals surface area (Å²) in [5.74, 6) is -0.554. The van der Waals surface area contributed by atoms with Gasteiger partial charge in [-0.05, 0) is 85.6 Å². The third-order valence-corrected chi connectivity index (χ3v) is 5.24. The van der Waals surface area contributed by atoms with E-state index in [0.717, 1.165) is 23.3 Å². The van der Waals surface area contributed by atoms with Crippen molar-refractivity contribution in [3.05, 3.63) is 114 Å². The molecule has 0 unspecified atom stereocenters. The molecule has 3 aromatic rings. The fraction of sp³-hybridized carbons (Fsp3) is 0.161. The van der Waals surface area contributed by atoms with E-state index >= 15 is 0 Å². The second kappa shape index (κ2) is 16.6. The summed E-state index contributed by atoms with van der Waals surface area (Å²) in [4.78, 5) is 44.8. The molecule has 10 nitrogen and oxygen atoms in total. The van der Waals surface area contributed by atoms with E-state index in [2.05, 4.69) is 22.6 Å². The fourth-order valence-electron chi connectivity index (χ4n) is 2.86. The predicted molar refractivity (Wildman–Crippen MR) is 149 cm³/mol. The maximum absolute atomic E-state index is 12.1. The van der Waals surface area contributed by atoms with E-state index in [1.807, 2.05) is 26.0 Å². The van der Waals surface area contributed by atoms with Crippen LogP contribution in [0.15, 0.2) is 92.0 Å². The van der Waals surface area contributed by atoms with Crippen molar-refractivity contribution in [3.8, 4) is 17.2 Å². The van der Waals surface area contributed by atoms with Crippen LogP contribution in [0.2, 0.25) is 0 Å². The number of rotatable bonds is 11. The maximum atomic E-state index is 12.1. The zero-order chi connectivity index (χ0) is 30.2. The van der Waals surface area contributed by atoms with Crippen molar-refractivity contribution < 1.29 is 47.6 Å². The minimum atomic E-state index is -0.566. The summed E-state index contributed by atoms with van der Waals surface area (Å²) < 4.78 is 29.5. The molecule has 0 fully saturated rings. The van der Waals surface area contributed by atoms with Crippen molar-refractivity contribution in [1.29, 1.82) is 0 Å². The smallest absolute Gasteiger partial charge is 0.343 e. The highest BCUT2D eigenvalue weighted by atomic mass is 16.7. The van der Waals surface area contributed by atoms with Gasteiger partial charge < -0.3 is 28.4 Å². The van der Waals surface area contributed by atoms with Crippen LogP contribution in [0.3, 0.4) is 0 Å². The minimum Gasteiger partial charge on any atom is -0.465 e. The molecule has 0 bridgehead atoms. The molecule has 0 N–H and O–H groups in total. The SMILES string of the molecule is C=CC(=O)OCOc1ccc(C(=O)OC)cc1.C=CC(=O)OCOc1ccc(C(=O)Oc2ccc(C)c(C)c2)cc1. The van der Waals surface area contributed by atoms with Gasteiger partial charge in [-0.15, -0.1) is 0 Å². The van der Waals surface area contributed by atoms with E-state index < -0.39 is 23.9 Å².